The largest absolute Gasteiger partial charge is 0.439 e. The lowest BCUT2D eigenvalue weighted by Crippen LogP contribution is -2.33. The summed E-state index contributed by atoms with van der Waals surface area (Å²) in [7, 11) is 2.17. The molecule has 0 spiro atoms. The predicted octanol–water partition coefficient (Wildman–Crippen LogP) is 11.2. The van der Waals surface area contributed by atoms with Gasteiger partial charge in [-0.25, -0.2) is 9.88 Å². The lowest BCUT2D eigenvalue weighted by Gasteiger charge is -2.38. The normalized spacial score (nSPS) is 13.4. The third-order valence-corrected chi connectivity index (χ3v) is 11.0. The van der Waals surface area contributed by atoms with Crippen LogP contribution in [0.5, 0.6) is 0 Å². The van der Waals surface area contributed by atoms with E-state index in [9.17, 15) is 0 Å². The minimum atomic E-state index is -0.440. The van der Waals surface area contributed by atoms with E-state index in [0.717, 1.165) is 60.9 Å². The molecule has 9 aromatic rings. The van der Waals surface area contributed by atoms with Crippen molar-refractivity contribution < 1.29 is 8.98 Å². The monoisotopic (exact) mass is 686 g/mol. The molecule has 4 heterocycles. The highest BCUT2D eigenvalue weighted by molar-refractivity contribution is 6.16. The minimum Gasteiger partial charge on any atom is -0.439 e. The molecule has 6 aromatic carbocycles. The molecular weight excluding hydrogens is 651 g/mol. The second-order valence-corrected chi connectivity index (χ2v) is 14.4. The summed E-state index contributed by atoms with van der Waals surface area (Å²) in [5.41, 5.74) is 10.2. The fourth-order valence-corrected chi connectivity index (χ4v) is 8.37. The molecule has 0 bridgehead atoms. The summed E-state index contributed by atoms with van der Waals surface area (Å²) in [6, 6.07) is 50.4. The van der Waals surface area contributed by atoms with Gasteiger partial charge in [-0.1, -0.05) is 129 Å². The van der Waals surface area contributed by atoms with Gasteiger partial charge in [-0.2, -0.15) is 14.5 Å². The molecule has 1 aliphatic heterocycles. The zero-order valence-corrected chi connectivity index (χ0v) is 30.0. The van der Waals surface area contributed by atoms with E-state index in [4.69, 9.17) is 19.4 Å². The van der Waals surface area contributed by atoms with Crippen molar-refractivity contribution in [2.45, 2.75) is 26.2 Å². The Morgan fingerprint density at radius 1 is 0.623 bits per heavy atom. The summed E-state index contributed by atoms with van der Waals surface area (Å²) < 4.78 is 9.63. The molecular formula is C47H36N5O+. The molecule has 0 fully saturated rings. The van der Waals surface area contributed by atoms with Crippen LogP contribution in [-0.4, -0.2) is 15.0 Å². The number of nitrogens with zero attached hydrogens (tertiary/aromatic N) is 5. The molecule has 0 N–H and O–H groups in total. The molecule has 0 aliphatic carbocycles. The Labute approximate surface area is 307 Å². The van der Waals surface area contributed by atoms with E-state index in [1.54, 1.807) is 0 Å². The van der Waals surface area contributed by atoms with Crippen LogP contribution in [0.1, 0.15) is 30.5 Å². The van der Waals surface area contributed by atoms with Crippen LogP contribution in [0.3, 0.4) is 0 Å². The van der Waals surface area contributed by atoms with Crippen LogP contribution in [0.4, 0.5) is 17.5 Å². The van der Waals surface area contributed by atoms with Gasteiger partial charge >= 0.3 is 0 Å². The van der Waals surface area contributed by atoms with Gasteiger partial charge in [0.1, 0.15) is 12.6 Å². The van der Waals surface area contributed by atoms with Crippen molar-refractivity contribution in [1.29, 1.82) is 0 Å². The number of benzene rings is 6. The third-order valence-electron chi connectivity index (χ3n) is 11.0. The number of aryl methyl sites for hydroxylation is 2. The Bertz CT molecular complexity index is 2840. The number of hydrogen-bond donors (Lipinski definition) is 0. The molecule has 0 atom stereocenters. The fraction of sp³-hybridized carbons (Fsp3) is 0.106. The van der Waals surface area contributed by atoms with E-state index in [1.807, 2.05) is 60.7 Å². The average molecular weight is 687 g/mol. The smallest absolute Gasteiger partial charge is 0.241 e. The zero-order chi connectivity index (χ0) is 35.8. The Hall–Kier alpha value is -6.66. The van der Waals surface area contributed by atoms with Crippen molar-refractivity contribution >= 4 is 50.2 Å². The Morgan fingerprint density at radius 3 is 1.94 bits per heavy atom. The molecule has 6 heteroatoms. The van der Waals surface area contributed by atoms with Crippen molar-refractivity contribution in [3.8, 4) is 34.0 Å². The van der Waals surface area contributed by atoms with Crippen molar-refractivity contribution in [2.24, 2.45) is 7.05 Å². The van der Waals surface area contributed by atoms with Gasteiger partial charge in [0.05, 0.1) is 11.3 Å². The number of para-hydroxylation sites is 2. The van der Waals surface area contributed by atoms with Gasteiger partial charge in [-0.05, 0) is 41.6 Å². The number of hydrogen-bond acceptors (Lipinski definition) is 5. The zero-order valence-electron chi connectivity index (χ0n) is 30.0. The van der Waals surface area contributed by atoms with Crippen molar-refractivity contribution in [3.63, 3.8) is 0 Å². The van der Waals surface area contributed by atoms with Gasteiger partial charge in [0, 0.05) is 50.4 Å². The molecule has 0 saturated carbocycles. The van der Waals surface area contributed by atoms with E-state index in [2.05, 4.69) is 122 Å². The maximum Gasteiger partial charge on any atom is 0.241 e. The Morgan fingerprint density at radius 2 is 1.23 bits per heavy atom. The first-order valence-electron chi connectivity index (χ1n) is 18.0. The molecule has 0 unspecified atom stereocenters. The summed E-state index contributed by atoms with van der Waals surface area (Å²) in [5.74, 6) is 2.41. The average Bonchev–Trinajstić information content (AvgIpc) is 3.61. The van der Waals surface area contributed by atoms with Gasteiger partial charge in [0.15, 0.2) is 11.6 Å². The van der Waals surface area contributed by atoms with Crippen molar-refractivity contribution in [2.75, 3.05) is 4.90 Å². The predicted molar refractivity (Wildman–Crippen MR) is 214 cm³/mol. The summed E-state index contributed by atoms with van der Waals surface area (Å²) in [5, 5.41) is 4.54. The first kappa shape index (κ1) is 31.1. The van der Waals surface area contributed by atoms with Gasteiger partial charge in [-0.15, -0.1) is 0 Å². The molecule has 0 radical (unpaired) electrons. The topological polar surface area (TPSA) is 58.9 Å². The van der Waals surface area contributed by atoms with Gasteiger partial charge in [0.25, 0.3) is 0 Å². The number of furan rings is 1. The van der Waals surface area contributed by atoms with Crippen LogP contribution >= 0.6 is 0 Å². The van der Waals surface area contributed by atoms with Crippen molar-refractivity contribution in [3.05, 3.63) is 162 Å². The molecule has 254 valence electrons. The van der Waals surface area contributed by atoms with E-state index >= 15 is 0 Å². The van der Waals surface area contributed by atoms with Crippen LogP contribution in [0.15, 0.2) is 150 Å². The highest BCUT2D eigenvalue weighted by atomic mass is 16.4. The number of anilines is 3. The number of rotatable bonds is 4. The van der Waals surface area contributed by atoms with E-state index in [0.29, 0.717) is 23.5 Å². The number of pyridine rings is 1. The van der Waals surface area contributed by atoms with Crippen LogP contribution in [-0.2, 0) is 12.5 Å². The summed E-state index contributed by atoms with van der Waals surface area (Å²) in [4.78, 5) is 17.6. The Balaban J connectivity index is 1.34. The summed E-state index contributed by atoms with van der Waals surface area (Å²) in [6.45, 7) is 6.87. The summed E-state index contributed by atoms with van der Waals surface area (Å²) >= 11 is 0. The standard InChI is InChI=1S/C47H36N5O/c1-29-33-22-12-13-23-34(33)42-40(39(29)38-28-27-30-17-11-15-25-36(30)51(38)4)41-45(53-42)52(37-26-16-14-24-35(37)47(41,2)3)46-49-43(31-18-7-5-8-19-31)48-44(50-46)32-20-9-6-10-21-32/h5-28H,1-4H3/q+1. The van der Waals surface area contributed by atoms with E-state index in [1.165, 1.54) is 16.5 Å². The first-order chi connectivity index (χ1) is 25.9. The maximum absolute atomic E-state index is 7.32. The van der Waals surface area contributed by atoms with Crippen LogP contribution in [0.2, 0.25) is 0 Å². The fourth-order valence-electron chi connectivity index (χ4n) is 8.37. The van der Waals surface area contributed by atoms with Gasteiger partial charge < -0.3 is 4.42 Å². The second kappa shape index (κ2) is 11.7. The van der Waals surface area contributed by atoms with Gasteiger partial charge in [0.2, 0.25) is 23.0 Å². The highest BCUT2D eigenvalue weighted by Crippen LogP contribution is 2.57. The van der Waals surface area contributed by atoms with E-state index < -0.39 is 5.41 Å². The molecule has 0 saturated heterocycles. The van der Waals surface area contributed by atoms with Crippen LogP contribution in [0.25, 0.3) is 66.7 Å². The lowest BCUT2D eigenvalue weighted by molar-refractivity contribution is -0.633. The molecule has 53 heavy (non-hydrogen) atoms. The van der Waals surface area contributed by atoms with Crippen LogP contribution < -0.4 is 9.47 Å². The Kier molecular flexibility index (Phi) is 6.86. The number of fused-ring (bicyclic) bond motifs is 7. The van der Waals surface area contributed by atoms with Gasteiger partial charge in [-0.3, -0.25) is 0 Å². The molecule has 1 aliphatic rings. The SMILES string of the molecule is Cc1c(-c2ccc3ccccc3[n+]2C)c2c3c(oc2c2ccccc12)N(c1nc(-c2ccccc2)nc(-c2ccccc2)n1)c1ccccc1C3(C)C. The third kappa shape index (κ3) is 4.65. The quantitative estimate of drug-likeness (QED) is 0.173. The molecule has 10 rings (SSSR count). The summed E-state index contributed by atoms with van der Waals surface area (Å²) in [6.07, 6.45) is 0. The lowest BCUT2D eigenvalue weighted by atomic mass is 9.73. The van der Waals surface area contributed by atoms with Crippen LogP contribution in [0, 0.1) is 6.92 Å². The first-order valence-corrected chi connectivity index (χ1v) is 18.0. The van der Waals surface area contributed by atoms with Crippen molar-refractivity contribution in [1.82, 2.24) is 15.0 Å². The number of aromatic nitrogens is 4. The minimum absolute atomic E-state index is 0.440. The molecule has 3 aromatic heterocycles. The molecule has 6 nitrogen and oxygen atoms in total. The van der Waals surface area contributed by atoms with E-state index in [-0.39, 0.29) is 0 Å². The maximum atomic E-state index is 7.32. The second-order valence-electron chi connectivity index (χ2n) is 14.4. The molecule has 0 amide bonds. The highest BCUT2D eigenvalue weighted by Gasteiger charge is 2.44.